The van der Waals surface area contributed by atoms with E-state index in [0.29, 0.717) is 12.8 Å². The number of thioether (sulfide) groups is 1. The van der Waals surface area contributed by atoms with Crippen molar-refractivity contribution in [3.05, 3.63) is 47.5 Å². The highest BCUT2D eigenvalue weighted by atomic mass is 32.2. The molecule has 26 heavy (non-hydrogen) atoms. The number of hydrogen-bond acceptors (Lipinski definition) is 4. The minimum Gasteiger partial charge on any atom is -0.396 e. The van der Waals surface area contributed by atoms with Crippen molar-refractivity contribution in [3.63, 3.8) is 0 Å². The fourth-order valence-corrected chi connectivity index (χ4v) is 4.17. The first kappa shape index (κ1) is 21.0. The van der Waals surface area contributed by atoms with E-state index < -0.39 is 6.10 Å². The van der Waals surface area contributed by atoms with Crippen molar-refractivity contribution < 1.29 is 15.0 Å². The summed E-state index contributed by atoms with van der Waals surface area (Å²) < 4.78 is 0. The van der Waals surface area contributed by atoms with Crippen LogP contribution in [0.15, 0.2) is 36.4 Å². The van der Waals surface area contributed by atoms with Gasteiger partial charge in [0.05, 0.1) is 12.1 Å². The Morgan fingerprint density at radius 2 is 2.19 bits per heavy atom. The Kier molecular flexibility index (Phi) is 9.23. The molecule has 1 aromatic carbocycles. The lowest BCUT2D eigenvalue weighted by Gasteiger charge is -2.22. The topological polar surface area (TPSA) is 60.8 Å². The Morgan fingerprint density at radius 1 is 1.35 bits per heavy atom. The maximum Gasteiger partial charge on any atom is 0.223 e. The Hall–Kier alpha value is -1.30. The molecule has 2 rings (SSSR count). The number of likely N-dealkylation sites (tertiary alicyclic amines) is 1. The number of hydrogen-bond donors (Lipinski definition) is 2. The summed E-state index contributed by atoms with van der Waals surface area (Å²) in [5.41, 5.74) is 2.32. The molecule has 0 aromatic heterocycles. The first-order valence-electron chi connectivity index (χ1n) is 9.50. The SMILES string of the molecule is Cc1cccc(C[C@H](O)/C=C/[C@H]2CCC(=O)N2CCSCCCCO)c1. The van der Waals surface area contributed by atoms with Crippen LogP contribution in [0.1, 0.15) is 36.8 Å². The normalized spacial score (nSPS) is 18.8. The van der Waals surface area contributed by atoms with Crippen molar-refractivity contribution in [2.24, 2.45) is 0 Å². The predicted octanol–water partition coefficient (Wildman–Crippen LogP) is 2.95. The van der Waals surface area contributed by atoms with Crippen molar-refractivity contribution >= 4 is 17.7 Å². The second-order valence-corrected chi connectivity index (χ2v) is 8.11. The minimum atomic E-state index is -0.526. The second kappa shape index (κ2) is 11.4. The number of amides is 1. The number of aliphatic hydroxyl groups excluding tert-OH is 2. The van der Waals surface area contributed by atoms with Crippen LogP contribution >= 0.6 is 11.8 Å². The maximum absolute atomic E-state index is 12.1. The molecule has 0 aliphatic carbocycles. The van der Waals surface area contributed by atoms with Crippen molar-refractivity contribution in [2.45, 2.75) is 51.2 Å². The summed E-state index contributed by atoms with van der Waals surface area (Å²) in [6, 6.07) is 8.29. The molecule has 0 spiro atoms. The largest absolute Gasteiger partial charge is 0.396 e. The molecule has 0 unspecified atom stereocenters. The Balaban J connectivity index is 1.78. The summed E-state index contributed by atoms with van der Waals surface area (Å²) in [4.78, 5) is 14.1. The first-order valence-corrected chi connectivity index (χ1v) is 10.7. The van der Waals surface area contributed by atoms with E-state index in [1.807, 2.05) is 40.9 Å². The third-order valence-corrected chi connectivity index (χ3v) is 5.68. The van der Waals surface area contributed by atoms with Crippen molar-refractivity contribution in [2.75, 3.05) is 24.7 Å². The summed E-state index contributed by atoms with van der Waals surface area (Å²) in [5.74, 6) is 2.16. The number of aryl methyl sites for hydroxylation is 1. The molecule has 1 saturated heterocycles. The molecule has 2 atom stereocenters. The Morgan fingerprint density at radius 3 is 2.96 bits per heavy atom. The highest BCUT2D eigenvalue weighted by Crippen LogP contribution is 2.21. The molecular weight excluding hydrogens is 346 g/mol. The van der Waals surface area contributed by atoms with Crippen LogP contribution in [-0.2, 0) is 11.2 Å². The molecule has 1 aliphatic rings. The molecule has 0 saturated carbocycles. The van der Waals surface area contributed by atoms with Crippen molar-refractivity contribution in [1.82, 2.24) is 4.90 Å². The van der Waals surface area contributed by atoms with E-state index in [1.54, 1.807) is 0 Å². The molecule has 1 aromatic rings. The Labute approximate surface area is 161 Å². The third kappa shape index (κ3) is 7.14. The standard InChI is InChI=1S/C21H31NO3S/c1-17-5-4-6-18(15-17)16-20(24)9-7-19-8-10-21(25)22(19)11-14-26-13-3-2-12-23/h4-7,9,15,19-20,23-24H,2-3,8,10-14,16H2,1H3/b9-7+/t19-,20+/m0/s1. The van der Waals surface area contributed by atoms with E-state index in [1.165, 1.54) is 5.56 Å². The van der Waals surface area contributed by atoms with E-state index >= 15 is 0 Å². The lowest BCUT2D eigenvalue weighted by atomic mass is 10.0. The van der Waals surface area contributed by atoms with Crippen LogP contribution < -0.4 is 0 Å². The lowest BCUT2D eigenvalue weighted by Crippen LogP contribution is -2.34. The van der Waals surface area contributed by atoms with Gasteiger partial charge in [0.2, 0.25) is 5.91 Å². The zero-order valence-corrected chi connectivity index (χ0v) is 16.5. The van der Waals surface area contributed by atoms with Crippen LogP contribution in [0, 0.1) is 6.92 Å². The fourth-order valence-electron chi connectivity index (χ4n) is 3.23. The molecule has 2 N–H and O–H groups in total. The van der Waals surface area contributed by atoms with Crippen LogP contribution in [0.2, 0.25) is 0 Å². The summed E-state index contributed by atoms with van der Waals surface area (Å²) in [5, 5.41) is 19.1. The molecule has 144 valence electrons. The number of carbonyl (C=O) groups is 1. The van der Waals surface area contributed by atoms with E-state index in [0.717, 1.165) is 42.9 Å². The number of carbonyl (C=O) groups excluding carboxylic acids is 1. The molecule has 0 radical (unpaired) electrons. The average molecular weight is 378 g/mol. The van der Waals surface area contributed by atoms with Gasteiger partial charge in [0.25, 0.3) is 0 Å². The molecule has 4 nitrogen and oxygen atoms in total. The number of rotatable bonds is 11. The van der Waals surface area contributed by atoms with Gasteiger partial charge in [0, 0.05) is 31.7 Å². The van der Waals surface area contributed by atoms with Crippen LogP contribution in [-0.4, -0.2) is 57.8 Å². The van der Waals surface area contributed by atoms with Gasteiger partial charge in [0.1, 0.15) is 0 Å². The van der Waals surface area contributed by atoms with Gasteiger partial charge < -0.3 is 15.1 Å². The van der Waals surface area contributed by atoms with E-state index in [-0.39, 0.29) is 18.6 Å². The van der Waals surface area contributed by atoms with Crippen LogP contribution in [0.3, 0.4) is 0 Å². The van der Waals surface area contributed by atoms with E-state index in [2.05, 4.69) is 19.1 Å². The van der Waals surface area contributed by atoms with Crippen molar-refractivity contribution in [1.29, 1.82) is 0 Å². The summed E-state index contributed by atoms with van der Waals surface area (Å²) in [6.45, 7) is 3.06. The quantitative estimate of drug-likeness (QED) is 0.460. The molecule has 0 bridgehead atoms. The van der Waals surface area contributed by atoms with Crippen LogP contribution in [0.5, 0.6) is 0 Å². The van der Waals surface area contributed by atoms with E-state index in [9.17, 15) is 9.90 Å². The van der Waals surface area contributed by atoms with Gasteiger partial charge in [-0.05, 0) is 37.5 Å². The van der Waals surface area contributed by atoms with Crippen LogP contribution in [0.4, 0.5) is 0 Å². The number of aliphatic hydroxyl groups is 2. The first-order chi connectivity index (χ1) is 12.6. The van der Waals surface area contributed by atoms with Gasteiger partial charge in [-0.1, -0.05) is 42.0 Å². The van der Waals surface area contributed by atoms with Crippen molar-refractivity contribution in [3.8, 4) is 0 Å². The molecule has 1 heterocycles. The lowest BCUT2D eigenvalue weighted by molar-refractivity contribution is -0.128. The fraction of sp³-hybridized carbons (Fsp3) is 0.571. The number of unbranched alkanes of at least 4 members (excludes halogenated alkanes) is 1. The Bertz CT molecular complexity index is 590. The van der Waals surface area contributed by atoms with Gasteiger partial charge in [-0.3, -0.25) is 4.79 Å². The smallest absolute Gasteiger partial charge is 0.223 e. The molecule has 5 heteroatoms. The predicted molar refractivity (Wildman–Crippen MR) is 108 cm³/mol. The average Bonchev–Trinajstić information content (AvgIpc) is 2.96. The summed E-state index contributed by atoms with van der Waals surface area (Å²) >= 11 is 1.83. The molecule has 1 fully saturated rings. The zero-order chi connectivity index (χ0) is 18.8. The monoisotopic (exact) mass is 377 g/mol. The number of nitrogens with zero attached hydrogens (tertiary/aromatic N) is 1. The zero-order valence-electron chi connectivity index (χ0n) is 15.6. The number of benzene rings is 1. The molecule has 1 amide bonds. The van der Waals surface area contributed by atoms with Gasteiger partial charge in [0.15, 0.2) is 0 Å². The van der Waals surface area contributed by atoms with Gasteiger partial charge in [-0.2, -0.15) is 11.8 Å². The highest BCUT2D eigenvalue weighted by Gasteiger charge is 2.28. The maximum atomic E-state index is 12.1. The second-order valence-electron chi connectivity index (χ2n) is 6.88. The summed E-state index contributed by atoms with van der Waals surface area (Å²) in [6.07, 6.45) is 7.21. The summed E-state index contributed by atoms with van der Waals surface area (Å²) in [7, 11) is 0. The van der Waals surface area contributed by atoms with E-state index in [4.69, 9.17) is 5.11 Å². The minimum absolute atomic E-state index is 0.104. The molecular formula is C21H31NO3S. The third-order valence-electron chi connectivity index (χ3n) is 4.63. The van der Waals surface area contributed by atoms with Gasteiger partial charge >= 0.3 is 0 Å². The molecule has 1 aliphatic heterocycles. The van der Waals surface area contributed by atoms with Gasteiger partial charge in [-0.15, -0.1) is 0 Å². The highest BCUT2D eigenvalue weighted by molar-refractivity contribution is 7.99. The van der Waals surface area contributed by atoms with Gasteiger partial charge in [-0.25, -0.2) is 0 Å². The van der Waals surface area contributed by atoms with Crippen LogP contribution in [0.25, 0.3) is 0 Å².